The Bertz CT molecular complexity index is 695. The Morgan fingerprint density at radius 3 is 3.00 bits per heavy atom. The van der Waals surface area contributed by atoms with E-state index in [1.807, 2.05) is 18.3 Å². The normalized spacial score (nSPS) is 28.6. The summed E-state index contributed by atoms with van der Waals surface area (Å²) in [4.78, 5) is 19.4. The van der Waals surface area contributed by atoms with Crippen molar-refractivity contribution in [3.63, 3.8) is 0 Å². The standard InChI is InChI=1S/C17H22N4O/c1-12-6-7-13-4-2-3-5-15(13)21(12)17(22)14-8-9-20-16(10-14)18-11-19-20/h8-13,15H,2-7H2,1H3. The van der Waals surface area contributed by atoms with Crippen LogP contribution in [0.2, 0.25) is 0 Å². The molecule has 1 saturated heterocycles. The number of likely N-dealkylation sites (tertiary alicyclic amines) is 1. The van der Waals surface area contributed by atoms with Crippen LogP contribution in [0.15, 0.2) is 24.7 Å². The average Bonchev–Trinajstić information content (AvgIpc) is 3.01. The zero-order chi connectivity index (χ0) is 15.1. The fourth-order valence-corrected chi connectivity index (χ4v) is 4.26. The maximum absolute atomic E-state index is 13.1. The second kappa shape index (κ2) is 5.38. The molecule has 0 radical (unpaired) electrons. The van der Waals surface area contributed by atoms with Crippen molar-refractivity contribution in [1.82, 2.24) is 19.5 Å². The molecule has 0 aromatic carbocycles. The molecule has 2 aromatic heterocycles. The van der Waals surface area contributed by atoms with Gasteiger partial charge < -0.3 is 4.90 Å². The Kier molecular flexibility index (Phi) is 3.36. The van der Waals surface area contributed by atoms with E-state index >= 15 is 0 Å². The Morgan fingerprint density at radius 1 is 1.23 bits per heavy atom. The van der Waals surface area contributed by atoms with Crippen LogP contribution in [-0.4, -0.2) is 37.5 Å². The quantitative estimate of drug-likeness (QED) is 0.813. The molecule has 0 N–H and O–H groups in total. The minimum absolute atomic E-state index is 0.162. The van der Waals surface area contributed by atoms with Crippen LogP contribution < -0.4 is 0 Å². The van der Waals surface area contributed by atoms with Gasteiger partial charge in [0.2, 0.25) is 0 Å². The number of piperidine rings is 1. The fraction of sp³-hybridized carbons (Fsp3) is 0.588. The van der Waals surface area contributed by atoms with Crippen molar-refractivity contribution in [3.05, 3.63) is 30.2 Å². The molecule has 0 bridgehead atoms. The van der Waals surface area contributed by atoms with Gasteiger partial charge in [0.05, 0.1) is 0 Å². The van der Waals surface area contributed by atoms with Gasteiger partial charge in [-0.15, -0.1) is 0 Å². The van der Waals surface area contributed by atoms with Gasteiger partial charge in [-0.1, -0.05) is 12.8 Å². The number of amides is 1. The smallest absolute Gasteiger partial charge is 0.254 e. The van der Waals surface area contributed by atoms with Crippen LogP contribution in [0.3, 0.4) is 0 Å². The molecule has 3 unspecified atom stereocenters. The largest absolute Gasteiger partial charge is 0.333 e. The second-order valence-corrected chi connectivity index (χ2v) is 6.73. The predicted molar refractivity (Wildman–Crippen MR) is 83.6 cm³/mol. The number of hydrogen-bond acceptors (Lipinski definition) is 3. The molecule has 5 heteroatoms. The van der Waals surface area contributed by atoms with Crippen LogP contribution in [-0.2, 0) is 0 Å². The van der Waals surface area contributed by atoms with E-state index < -0.39 is 0 Å². The van der Waals surface area contributed by atoms with Gasteiger partial charge in [-0.05, 0) is 50.7 Å². The number of hydrogen-bond donors (Lipinski definition) is 0. The molecule has 2 aromatic rings. The molecular weight excluding hydrogens is 276 g/mol. The van der Waals surface area contributed by atoms with Crippen molar-refractivity contribution in [2.24, 2.45) is 5.92 Å². The third-order valence-corrected chi connectivity index (χ3v) is 5.42. The highest BCUT2D eigenvalue weighted by Crippen LogP contribution is 2.38. The molecule has 1 saturated carbocycles. The predicted octanol–water partition coefficient (Wildman–Crippen LogP) is 2.91. The Hall–Kier alpha value is -1.91. The summed E-state index contributed by atoms with van der Waals surface area (Å²) in [5.74, 6) is 0.861. The van der Waals surface area contributed by atoms with Crippen molar-refractivity contribution in [2.45, 2.75) is 57.5 Å². The summed E-state index contributed by atoms with van der Waals surface area (Å²) in [5.41, 5.74) is 1.47. The van der Waals surface area contributed by atoms with Gasteiger partial charge in [0, 0.05) is 23.8 Å². The number of aromatic nitrogens is 3. The molecule has 22 heavy (non-hydrogen) atoms. The lowest BCUT2D eigenvalue weighted by molar-refractivity contribution is 0.0192. The summed E-state index contributed by atoms with van der Waals surface area (Å²) in [6.45, 7) is 2.19. The van der Waals surface area contributed by atoms with E-state index in [4.69, 9.17) is 0 Å². The van der Waals surface area contributed by atoms with Crippen molar-refractivity contribution in [1.29, 1.82) is 0 Å². The molecule has 3 atom stereocenters. The molecule has 5 nitrogen and oxygen atoms in total. The molecule has 116 valence electrons. The van der Waals surface area contributed by atoms with Crippen LogP contribution in [0.1, 0.15) is 55.8 Å². The Labute approximate surface area is 130 Å². The van der Waals surface area contributed by atoms with Crippen molar-refractivity contribution < 1.29 is 4.79 Å². The summed E-state index contributed by atoms with van der Waals surface area (Å²) in [6, 6.07) is 4.48. The van der Waals surface area contributed by atoms with Gasteiger partial charge in [-0.3, -0.25) is 4.79 Å². The maximum Gasteiger partial charge on any atom is 0.254 e. The van der Waals surface area contributed by atoms with Gasteiger partial charge in [0.1, 0.15) is 6.33 Å². The van der Waals surface area contributed by atoms with E-state index in [-0.39, 0.29) is 5.91 Å². The first-order valence-corrected chi connectivity index (χ1v) is 8.36. The summed E-state index contributed by atoms with van der Waals surface area (Å²) >= 11 is 0. The zero-order valence-corrected chi connectivity index (χ0v) is 13.0. The third kappa shape index (κ3) is 2.19. The average molecular weight is 298 g/mol. The highest BCUT2D eigenvalue weighted by Gasteiger charge is 2.39. The fourth-order valence-electron chi connectivity index (χ4n) is 4.26. The van der Waals surface area contributed by atoms with E-state index in [1.165, 1.54) is 32.0 Å². The van der Waals surface area contributed by atoms with Crippen LogP contribution in [0, 0.1) is 5.92 Å². The lowest BCUT2D eigenvalue weighted by Crippen LogP contribution is -2.53. The molecule has 4 rings (SSSR count). The lowest BCUT2D eigenvalue weighted by Gasteiger charge is -2.47. The lowest BCUT2D eigenvalue weighted by atomic mass is 9.76. The number of carbonyl (C=O) groups is 1. The van der Waals surface area contributed by atoms with Gasteiger partial charge in [-0.25, -0.2) is 9.50 Å². The molecular formula is C17H22N4O. The summed E-state index contributed by atoms with van der Waals surface area (Å²) < 4.78 is 1.69. The molecule has 0 spiro atoms. The zero-order valence-electron chi connectivity index (χ0n) is 13.0. The van der Waals surface area contributed by atoms with Crippen LogP contribution in [0.5, 0.6) is 0 Å². The van der Waals surface area contributed by atoms with Crippen molar-refractivity contribution in [2.75, 3.05) is 0 Å². The van der Waals surface area contributed by atoms with Gasteiger partial charge in [0.15, 0.2) is 5.65 Å². The minimum atomic E-state index is 0.162. The first kappa shape index (κ1) is 13.7. The van der Waals surface area contributed by atoms with E-state index in [2.05, 4.69) is 21.9 Å². The third-order valence-electron chi connectivity index (χ3n) is 5.42. The molecule has 3 heterocycles. The maximum atomic E-state index is 13.1. The number of carbonyl (C=O) groups excluding carboxylic acids is 1. The topological polar surface area (TPSA) is 50.5 Å². The number of rotatable bonds is 1. The SMILES string of the molecule is CC1CCC2CCCCC2N1C(=O)c1ccn2ncnc2c1. The van der Waals surface area contributed by atoms with Gasteiger partial charge in [0.25, 0.3) is 5.91 Å². The molecule has 1 aliphatic heterocycles. The van der Waals surface area contributed by atoms with Crippen LogP contribution in [0.4, 0.5) is 0 Å². The van der Waals surface area contributed by atoms with E-state index in [0.29, 0.717) is 18.0 Å². The highest BCUT2D eigenvalue weighted by atomic mass is 16.2. The van der Waals surface area contributed by atoms with Crippen LogP contribution in [0.25, 0.3) is 5.65 Å². The van der Waals surface area contributed by atoms with Gasteiger partial charge >= 0.3 is 0 Å². The first-order chi connectivity index (χ1) is 10.7. The number of fused-ring (bicyclic) bond motifs is 2. The van der Waals surface area contributed by atoms with Crippen LogP contribution >= 0.6 is 0 Å². The highest BCUT2D eigenvalue weighted by molar-refractivity contribution is 5.95. The van der Waals surface area contributed by atoms with Gasteiger partial charge in [-0.2, -0.15) is 5.10 Å². The second-order valence-electron chi connectivity index (χ2n) is 6.73. The Balaban J connectivity index is 1.66. The number of pyridine rings is 1. The van der Waals surface area contributed by atoms with E-state index in [1.54, 1.807) is 4.52 Å². The minimum Gasteiger partial charge on any atom is -0.333 e. The van der Waals surface area contributed by atoms with E-state index in [9.17, 15) is 4.79 Å². The Morgan fingerprint density at radius 2 is 2.09 bits per heavy atom. The summed E-state index contributed by atoms with van der Waals surface area (Å²) in [5, 5.41) is 4.09. The monoisotopic (exact) mass is 298 g/mol. The summed E-state index contributed by atoms with van der Waals surface area (Å²) in [6.07, 6.45) is 10.8. The molecule has 1 amide bonds. The molecule has 2 aliphatic rings. The number of nitrogens with zero attached hydrogens (tertiary/aromatic N) is 4. The molecule has 1 aliphatic carbocycles. The van der Waals surface area contributed by atoms with E-state index in [0.717, 1.165) is 24.1 Å². The molecule has 2 fully saturated rings. The first-order valence-electron chi connectivity index (χ1n) is 8.36. The summed E-state index contributed by atoms with van der Waals surface area (Å²) in [7, 11) is 0. The van der Waals surface area contributed by atoms with Crippen molar-refractivity contribution >= 4 is 11.6 Å². The van der Waals surface area contributed by atoms with Crippen molar-refractivity contribution in [3.8, 4) is 0 Å².